The quantitative estimate of drug-likeness (QED) is 0.624. The zero-order valence-electron chi connectivity index (χ0n) is 15.9. The highest BCUT2D eigenvalue weighted by molar-refractivity contribution is 8.01. The van der Waals surface area contributed by atoms with Crippen LogP contribution in [0.5, 0.6) is 0 Å². The predicted molar refractivity (Wildman–Crippen MR) is 115 cm³/mol. The van der Waals surface area contributed by atoms with Gasteiger partial charge in [-0.15, -0.1) is 10.2 Å². The molecule has 0 unspecified atom stereocenters. The van der Waals surface area contributed by atoms with Crippen LogP contribution in [0.2, 0.25) is 0 Å². The van der Waals surface area contributed by atoms with Crippen molar-refractivity contribution in [2.75, 3.05) is 17.6 Å². The van der Waals surface area contributed by atoms with E-state index in [1.807, 2.05) is 11.0 Å². The van der Waals surface area contributed by atoms with E-state index in [1.54, 1.807) is 0 Å². The summed E-state index contributed by atoms with van der Waals surface area (Å²) in [5.74, 6) is 0.541. The topological polar surface area (TPSA) is 58.1 Å². The van der Waals surface area contributed by atoms with Gasteiger partial charge in [0.15, 0.2) is 4.34 Å². The molecule has 0 aliphatic carbocycles. The number of nitrogens with zero attached hydrogens (tertiary/aromatic N) is 3. The molecule has 0 bridgehead atoms. The van der Waals surface area contributed by atoms with E-state index >= 15 is 0 Å². The first-order valence-corrected chi connectivity index (χ1v) is 11.0. The number of hydrogen-bond donors (Lipinski definition) is 1. The number of amides is 1. The number of nitrogens with one attached hydrogen (secondary N) is 1. The number of carbonyl (C=O) groups excluding carboxylic acids is 1. The number of carbonyl (C=O) groups is 1. The molecule has 7 heteroatoms. The zero-order valence-corrected chi connectivity index (χ0v) is 17.6. The molecule has 1 aliphatic heterocycles. The van der Waals surface area contributed by atoms with E-state index in [9.17, 15) is 4.79 Å². The monoisotopic (exact) mass is 410 g/mol. The van der Waals surface area contributed by atoms with E-state index in [0.717, 1.165) is 28.1 Å². The fourth-order valence-electron chi connectivity index (χ4n) is 3.31. The van der Waals surface area contributed by atoms with Gasteiger partial charge in [0.25, 0.3) is 0 Å². The van der Waals surface area contributed by atoms with Crippen LogP contribution in [0.1, 0.15) is 22.3 Å². The maximum absolute atomic E-state index is 12.6. The SMILES string of the molecule is Cc1ccc(Nc2nnc(SCC(=O)N3CCc4ccccc4C3)s2)c(C)c1. The van der Waals surface area contributed by atoms with Crippen molar-refractivity contribution in [3.8, 4) is 0 Å². The summed E-state index contributed by atoms with van der Waals surface area (Å²) < 4.78 is 0.804. The number of rotatable bonds is 5. The fourth-order valence-corrected chi connectivity index (χ4v) is 4.98. The maximum Gasteiger partial charge on any atom is 0.233 e. The Bertz CT molecular complexity index is 1000. The number of thioether (sulfide) groups is 1. The highest BCUT2D eigenvalue weighted by Crippen LogP contribution is 2.29. The van der Waals surface area contributed by atoms with Crippen molar-refractivity contribution >= 4 is 39.8 Å². The Hall–Kier alpha value is -2.38. The standard InChI is InChI=1S/C21H22N4OS2/c1-14-7-8-18(15(2)11-14)22-20-23-24-21(28-20)27-13-19(26)25-10-9-16-5-3-4-6-17(16)12-25/h3-8,11H,9-10,12-13H2,1-2H3,(H,22,23). The highest BCUT2D eigenvalue weighted by atomic mass is 32.2. The summed E-state index contributed by atoms with van der Waals surface area (Å²) >= 11 is 2.93. The van der Waals surface area contributed by atoms with E-state index in [1.165, 1.54) is 45.4 Å². The van der Waals surface area contributed by atoms with E-state index in [2.05, 4.69) is 65.8 Å². The molecule has 144 valence electrons. The van der Waals surface area contributed by atoms with E-state index in [4.69, 9.17) is 0 Å². The average molecular weight is 411 g/mol. The van der Waals surface area contributed by atoms with Gasteiger partial charge in [-0.1, -0.05) is 65.1 Å². The molecule has 1 aliphatic rings. The molecule has 0 atom stereocenters. The lowest BCUT2D eigenvalue weighted by Crippen LogP contribution is -2.37. The Morgan fingerprint density at radius 1 is 1.18 bits per heavy atom. The summed E-state index contributed by atoms with van der Waals surface area (Å²) in [6, 6.07) is 14.6. The number of aryl methyl sites for hydroxylation is 2. The highest BCUT2D eigenvalue weighted by Gasteiger charge is 2.20. The van der Waals surface area contributed by atoms with Crippen molar-refractivity contribution in [1.29, 1.82) is 0 Å². The Balaban J connectivity index is 1.33. The smallest absolute Gasteiger partial charge is 0.233 e. The molecule has 0 saturated heterocycles. The number of benzene rings is 2. The molecule has 4 rings (SSSR count). The van der Waals surface area contributed by atoms with Crippen molar-refractivity contribution in [2.45, 2.75) is 31.2 Å². The molecule has 2 heterocycles. The summed E-state index contributed by atoms with van der Waals surface area (Å²) in [7, 11) is 0. The molecule has 1 aromatic heterocycles. The van der Waals surface area contributed by atoms with Crippen molar-refractivity contribution in [3.05, 3.63) is 64.7 Å². The first-order valence-electron chi connectivity index (χ1n) is 9.23. The van der Waals surface area contributed by atoms with Crippen LogP contribution in [-0.2, 0) is 17.8 Å². The molecule has 3 aromatic rings. The normalized spacial score (nSPS) is 13.3. The van der Waals surface area contributed by atoms with Crippen LogP contribution >= 0.6 is 23.1 Å². The van der Waals surface area contributed by atoms with Crippen LogP contribution in [0, 0.1) is 13.8 Å². The maximum atomic E-state index is 12.6. The molecule has 0 saturated carbocycles. The molecule has 1 N–H and O–H groups in total. The van der Waals surface area contributed by atoms with E-state index in [0.29, 0.717) is 12.3 Å². The Morgan fingerprint density at radius 3 is 2.82 bits per heavy atom. The summed E-state index contributed by atoms with van der Waals surface area (Å²) in [5.41, 5.74) is 6.04. The largest absolute Gasteiger partial charge is 0.337 e. The molecular weight excluding hydrogens is 388 g/mol. The lowest BCUT2D eigenvalue weighted by atomic mass is 10.00. The van der Waals surface area contributed by atoms with Crippen LogP contribution in [0.3, 0.4) is 0 Å². The van der Waals surface area contributed by atoms with Crippen LogP contribution in [-0.4, -0.2) is 33.3 Å². The van der Waals surface area contributed by atoms with Gasteiger partial charge >= 0.3 is 0 Å². The third kappa shape index (κ3) is 4.36. The second-order valence-electron chi connectivity index (χ2n) is 6.94. The lowest BCUT2D eigenvalue weighted by molar-refractivity contribution is -0.129. The van der Waals surface area contributed by atoms with Crippen LogP contribution < -0.4 is 5.32 Å². The Labute approximate surface area is 173 Å². The Kier molecular flexibility index (Phi) is 5.64. The van der Waals surface area contributed by atoms with Crippen molar-refractivity contribution in [3.63, 3.8) is 0 Å². The van der Waals surface area contributed by atoms with Crippen molar-refractivity contribution < 1.29 is 4.79 Å². The van der Waals surface area contributed by atoms with Gasteiger partial charge in [0.05, 0.1) is 5.75 Å². The van der Waals surface area contributed by atoms with Crippen LogP contribution in [0.25, 0.3) is 0 Å². The average Bonchev–Trinajstić information content (AvgIpc) is 3.15. The minimum Gasteiger partial charge on any atom is -0.337 e. The first-order chi connectivity index (χ1) is 13.6. The van der Waals surface area contributed by atoms with Gasteiger partial charge < -0.3 is 10.2 Å². The van der Waals surface area contributed by atoms with Crippen molar-refractivity contribution in [1.82, 2.24) is 15.1 Å². The second-order valence-corrected chi connectivity index (χ2v) is 9.14. The molecule has 0 fully saturated rings. The summed E-state index contributed by atoms with van der Waals surface area (Å²) in [4.78, 5) is 14.5. The van der Waals surface area contributed by atoms with E-state index < -0.39 is 0 Å². The lowest BCUT2D eigenvalue weighted by Gasteiger charge is -2.28. The number of aromatic nitrogens is 2. The van der Waals surface area contributed by atoms with E-state index in [-0.39, 0.29) is 5.91 Å². The van der Waals surface area contributed by atoms with Crippen molar-refractivity contribution in [2.24, 2.45) is 0 Å². The summed E-state index contributed by atoms with van der Waals surface area (Å²) in [6.45, 7) is 5.63. The second kappa shape index (κ2) is 8.32. The minimum atomic E-state index is 0.151. The molecule has 1 amide bonds. The number of anilines is 2. The summed E-state index contributed by atoms with van der Waals surface area (Å²) in [5, 5.41) is 12.5. The number of hydrogen-bond acceptors (Lipinski definition) is 6. The van der Waals surface area contributed by atoms with Crippen LogP contribution in [0.15, 0.2) is 46.8 Å². The first kappa shape index (κ1) is 19.0. The molecule has 28 heavy (non-hydrogen) atoms. The van der Waals surface area contributed by atoms with Gasteiger partial charge in [0.2, 0.25) is 11.0 Å². The van der Waals surface area contributed by atoms with Crippen LogP contribution in [0.4, 0.5) is 10.8 Å². The van der Waals surface area contributed by atoms with Gasteiger partial charge in [0, 0.05) is 18.8 Å². The Morgan fingerprint density at radius 2 is 2.00 bits per heavy atom. The summed E-state index contributed by atoms with van der Waals surface area (Å²) in [6.07, 6.45) is 0.926. The minimum absolute atomic E-state index is 0.151. The van der Waals surface area contributed by atoms with Gasteiger partial charge in [-0.2, -0.15) is 0 Å². The fraction of sp³-hybridized carbons (Fsp3) is 0.286. The molecule has 0 radical (unpaired) electrons. The van der Waals surface area contributed by atoms with Gasteiger partial charge in [-0.25, -0.2) is 0 Å². The van der Waals surface area contributed by atoms with Gasteiger partial charge in [-0.05, 0) is 43.0 Å². The predicted octanol–water partition coefficient (Wildman–Crippen LogP) is 4.58. The zero-order chi connectivity index (χ0) is 19.5. The third-order valence-corrected chi connectivity index (χ3v) is 6.79. The molecular formula is C21H22N4OS2. The number of fused-ring (bicyclic) bond motifs is 1. The van der Waals surface area contributed by atoms with Gasteiger partial charge in [0.1, 0.15) is 0 Å². The molecule has 5 nitrogen and oxygen atoms in total. The molecule has 0 spiro atoms. The van der Waals surface area contributed by atoms with Gasteiger partial charge in [-0.3, -0.25) is 4.79 Å². The molecule has 2 aromatic carbocycles. The third-order valence-electron chi connectivity index (χ3n) is 4.83.